The van der Waals surface area contributed by atoms with Gasteiger partial charge < -0.3 is 10.2 Å². The number of piperidine rings is 1. The first kappa shape index (κ1) is 27.5. The van der Waals surface area contributed by atoms with Crippen LogP contribution in [0.3, 0.4) is 0 Å². The second-order valence-corrected chi connectivity index (χ2v) is 11.1. The van der Waals surface area contributed by atoms with Crippen molar-refractivity contribution in [2.75, 3.05) is 18.4 Å². The molecular weight excluding hydrogens is 520 g/mol. The van der Waals surface area contributed by atoms with Crippen molar-refractivity contribution in [3.8, 4) is 11.1 Å². The average Bonchev–Trinajstić information content (AvgIpc) is 2.98. The number of nitrogens with one attached hydrogen (secondary N) is 1. The second-order valence-electron chi connectivity index (χ2n) is 10.7. The van der Waals surface area contributed by atoms with E-state index in [4.69, 9.17) is 11.6 Å². The summed E-state index contributed by atoms with van der Waals surface area (Å²) in [7, 11) is 0. The molecule has 0 spiro atoms. The van der Waals surface area contributed by atoms with Crippen LogP contribution in [0.2, 0.25) is 5.02 Å². The van der Waals surface area contributed by atoms with Gasteiger partial charge in [0.25, 0.3) is 11.8 Å². The third-order valence-corrected chi connectivity index (χ3v) is 7.65. The number of carbonyl (C=O) groups is 2. The third kappa shape index (κ3) is 6.57. The van der Waals surface area contributed by atoms with Gasteiger partial charge in [0.05, 0.1) is 16.3 Å². The van der Waals surface area contributed by atoms with E-state index in [1.165, 1.54) is 5.56 Å². The highest BCUT2D eigenvalue weighted by Gasteiger charge is 2.25. The summed E-state index contributed by atoms with van der Waals surface area (Å²) in [6, 6.07) is 21.3. The molecule has 7 heteroatoms. The van der Waals surface area contributed by atoms with Crippen LogP contribution in [-0.4, -0.2) is 39.8 Å². The van der Waals surface area contributed by atoms with Crippen LogP contribution in [0.15, 0.2) is 85.3 Å². The van der Waals surface area contributed by atoms with E-state index in [1.807, 2.05) is 23.2 Å². The molecule has 6 nitrogen and oxygen atoms in total. The first-order chi connectivity index (χ1) is 19.4. The number of carbonyl (C=O) groups excluding carboxylic acids is 2. The highest BCUT2D eigenvalue weighted by Crippen LogP contribution is 2.31. The molecule has 5 rings (SSSR count). The van der Waals surface area contributed by atoms with Gasteiger partial charge in [-0.2, -0.15) is 0 Å². The van der Waals surface area contributed by atoms with E-state index in [2.05, 4.69) is 59.5 Å². The summed E-state index contributed by atoms with van der Waals surface area (Å²) in [5, 5.41) is 3.22. The number of hydrogen-bond acceptors (Lipinski definition) is 4. The number of rotatable bonds is 7. The van der Waals surface area contributed by atoms with Crippen LogP contribution in [0.25, 0.3) is 11.1 Å². The zero-order valence-corrected chi connectivity index (χ0v) is 23.6. The predicted octanol–water partition coefficient (Wildman–Crippen LogP) is 7.27. The maximum atomic E-state index is 13.3. The lowest BCUT2D eigenvalue weighted by Crippen LogP contribution is -2.38. The molecule has 40 heavy (non-hydrogen) atoms. The minimum absolute atomic E-state index is 0.0581. The van der Waals surface area contributed by atoms with Crippen LogP contribution >= 0.6 is 11.6 Å². The molecule has 4 aromatic rings. The molecule has 0 unspecified atom stereocenters. The van der Waals surface area contributed by atoms with Crippen LogP contribution in [0.4, 0.5) is 5.69 Å². The average molecular weight is 553 g/mol. The Bertz CT molecular complexity index is 1460. The van der Waals surface area contributed by atoms with Gasteiger partial charge in [0.15, 0.2) is 0 Å². The lowest BCUT2D eigenvalue weighted by molar-refractivity contribution is 0.0712. The third-order valence-electron chi connectivity index (χ3n) is 7.32. The Balaban J connectivity index is 1.20. The molecule has 1 fully saturated rings. The number of benzene rings is 2. The Kier molecular flexibility index (Phi) is 8.56. The Hall–Kier alpha value is -4.03. The van der Waals surface area contributed by atoms with Crippen LogP contribution in [0.5, 0.6) is 0 Å². The van der Waals surface area contributed by atoms with Gasteiger partial charge in [-0.1, -0.05) is 55.8 Å². The normalized spacial score (nSPS) is 13.8. The van der Waals surface area contributed by atoms with Crippen LogP contribution in [-0.2, 0) is 6.42 Å². The number of hydrogen-bond donors (Lipinski definition) is 1. The van der Waals surface area contributed by atoms with Crippen molar-refractivity contribution in [2.24, 2.45) is 5.92 Å². The molecule has 0 bridgehead atoms. The van der Waals surface area contributed by atoms with Crippen LogP contribution in [0.1, 0.15) is 64.6 Å². The molecule has 0 saturated carbocycles. The van der Waals surface area contributed by atoms with Crippen molar-refractivity contribution in [1.82, 2.24) is 14.9 Å². The highest BCUT2D eigenvalue weighted by molar-refractivity contribution is 6.34. The number of pyridine rings is 2. The summed E-state index contributed by atoms with van der Waals surface area (Å²) in [6.45, 7) is 5.60. The van der Waals surface area contributed by atoms with Gasteiger partial charge in [-0.3, -0.25) is 19.6 Å². The van der Waals surface area contributed by atoms with Crippen molar-refractivity contribution < 1.29 is 9.59 Å². The molecular formula is C33H33ClN4O2. The van der Waals surface area contributed by atoms with E-state index >= 15 is 0 Å². The van der Waals surface area contributed by atoms with Crippen molar-refractivity contribution >= 4 is 29.1 Å². The van der Waals surface area contributed by atoms with E-state index < -0.39 is 0 Å². The van der Waals surface area contributed by atoms with E-state index in [0.29, 0.717) is 46.8 Å². The predicted molar refractivity (Wildman–Crippen MR) is 160 cm³/mol. The summed E-state index contributed by atoms with van der Waals surface area (Å²) >= 11 is 6.38. The van der Waals surface area contributed by atoms with E-state index in [1.54, 1.807) is 36.7 Å². The first-order valence-corrected chi connectivity index (χ1v) is 14.1. The van der Waals surface area contributed by atoms with Gasteiger partial charge in [0.2, 0.25) is 0 Å². The molecule has 2 aromatic heterocycles. The molecule has 0 atom stereocenters. The number of likely N-dealkylation sites (tertiary alicyclic amines) is 1. The maximum absolute atomic E-state index is 13.3. The molecule has 1 aliphatic heterocycles. The van der Waals surface area contributed by atoms with Gasteiger partial charge in [0, 0.05) is 42.9 Å². The number of nitrogens with zero attached hydrogens (tertiary/aromatic N) is 3. The largest absolute Gasteiger partial charge is 0.339 e. The Morgan fingerprint density at radius 1 is 0.950 bits per heavy atom. The SMILES string of the molecule is CC(C)Cc1ccc(C(=O)Nc2cc(C(=O)N3CCC(c4ccc(-c5cccnc5)cc4)CC3)ccc2Cl)cn1. The minimum atomic E-state index is -0.314. The second kappa shape index (κ2) is 12.4. The molecule has 2 aromatic carbocycles. The van der Waals surface area contributed by atoms with Crippen molar-refractivity contribution in [3.05, 3.63) is 113 Å². The lowest BCUT2D eigenvalue weighted by Gasteiger charge is -2.32. The summed E-state index contributed by atoms with van der Waals surface area (Å²) in [6.07, 6.45) is 7.87. The van der Waals surface area contributed by atoms with Crippen LogP contribution in [0, 0.1) is 5.92 Å². The standard InChI is InChI=1S/C33H33ClN4O2/c1-22(2)18-29-11-9-28(21-36-29)32(39)37-31-19-26(10-12-30(31)34)33(40)38-16-13-25(14-17-38)23-5-7-24(8-6-23)27-4-3-15-35-20-27/h3-12,15,19-22,25H,13-14,16-18H2,1-2H3,(H,37,39). The first-order valence-electron chi connectivity index (χ1n) is 13.7. The number of halogens is 1. The van der Waals surface area contributed by atoms with Crippen molar-refractivity contribution in [1.29, 1.82) is 0 Å². The molecule has 1 N–H and O–H groups in total. The fourth-order valence-electron chi connectivity index (χ4n) is 5.13. The van der Waals surface area contributed by atoms with Crippen LogP contribution < -0.4 is 5.32 Å². The summed E-state index contributed by atoms with van der Waals surface area (Å²) in [5.41, 5.74) is 5.84. The fourth-order valence-corrected chi connectivity index (χ4v) is 5.29. The minimum Gasteiger partial charge on any atom is -0.339 e. The summed E-state index contributed by atoms with van der Waals surface area (Å²) < 4.78 is 0. The van der Waals surface area contributed by atoms with Gasteiger partial charge in [-0.25, -0.2) is 0 Å². The number of anilines is 1. The molecule has 3 heterocycles. The zero-order chi connectivity index (χ0) is 28.1. The number of amides is 2. The molecule has 1 saturated heterocycles. The Morgan fingerprint density at radius 3 is 2.35 bits per heavy atom. The quantitative estimate of drug-likeness (QED) is 0.261. The molecule has 2 amide bonds. The Morgan fingerprint density at radius 2 is 1.70 bits per heavy atom. The molecule has 204 valence electrons. The van der Waals surface area contributed by atoms with Crippen molar-refractivity contribution in [3.63, 3.8) is 0 Å². The monoisotopic (exact) mass is 552 g/mol. The maximum Gasteiger partial charge on any atom is 0.257 e. The summed E-state index contributed by atoms with van der Waals surface area (Å²) in [4.78, 5) is 36.7. The topological polar surface area (TPSA) is 75.2 Å². The van der Waals surface area contributed by atoms with Gasteiger partial charge in [-0.15, -0.1) is 0 Å². The smallest absolute Gasteiger partial charge is 0.257 e. The summed E-state index contributed by atoms with van der Waals surface area (Å²) in [5.74, 6) is 0.525. The Labute approximate surface area is 240 Å². The molecule has 0 aliphatic carbocycles. The molecule has 0 radical (unpaired) electrons. The zero-order valence-electron chi connectivity index (χ0n) is 22.8. The van der Waals surface area contributed by atoms with E-state index in [-0.39, 0.29) is 11.8 Å². The van der Waals surface area contributed by atoms with E-state index in [0.717, 1.165) is 36.1 Å². The van der Waals surface area contributed by atoms with Gasteiger partial charge >= 0.3 is 0 Å². The van der Waals surface area contributed by atoms with E-state index in [9.17, 15) is 9.59 Å². The fraction of sp³-hybridized carbons (Fsp3) is 0.273. The van der Waals surface area contributed by atoms with Gasteiger partial charge in [-0.05, 0) is 84.2 Å². The molecule has 1 aliphatic rings. The lowest BCUT2D eigenvalue weighted by atomic mass is 9.88. The number of aromatic nitrogens is 2. The van der Waals surface area contributed by atoms with Crippen molar-refractivity contribution in [2.45, 2.75) is 39.0 Å². The highest BCUT2D eigenvalue weighted by atomic mass is 35.5. The van der Waals surface area contributed by atoms with Gasteiger partial charge in [0.1, 0.15) is 0 Å².